The van der Waals surface area contributed by atoms with Crippen LogP contribution in [0.25, 0.3) is 0 Å². The molecule has 4 aliphatic rings. The first kappa shape index (κ1) is 16.8. The van der Waals surface area contributed by atoms with Gasteiger partial charge in [-0.3, -0.25) is 9.59 Å². The molecule has 0 aromatic heterocycles. The Labute approximate surface area is 139 Å². The number of carbonyl (C=O) groups excluding carboxylic acids is 2. The smallest absolute Gasteiger partial charge is 0.309 e. The van der Waals surface area contributed by atoms with E-state index in [0.717, 1.165) is 12.3 Å². The molecule has 3 atom stereocenters. The van der Waals surface area contributed by atoms with Crippen molar-refractivity contribution in [2.45, 2.75) is 71.8 Å². The molecule has 0 radical (unpaired) electrons. The molecule has 4 fully saturated rings. The lowest BCUT2D eigenvalue weighted by Gasteiger charge is -2.58. The van der Waals surface area contributed by atoms with E-state index in [1.54, 1.807) is 0 Å². The highest BCUT2D eigenvalue weighted by molar-refractivity contribution is 5.73. The topological polar surface area (TPSA) is 52.6 Å². The molecule has 4 nitrogen and oxygen atoms in total. The van der Waals surface area contributed by atoms with Crippen LogP contribution in [0.2, 0.25) is 0 Å². The molecule has 0 aromatic rings. The predicted molar refractivity (Wildman–Crippen MR) is 86.6 cm³/mol. The maximum atomic E-state index is 12.1. The third kappa shape index (κ3) is 3.56. The molecule has 4 saturated carbocycles. The van der Waals surface area contributed by atoms with Gasteiger partial charge < -0.3 is 9.47 Å². The summed E-state index contributed by atoms with van der Waals surface area (Å²) < 4.78 is 11.0. The van der Waals surface area contributed by atoms with Gasteiger partial charge in [-0.25, -0.2) is 0 Å². The van der Waals surface area contributed by atoms with E-state index in [0.29, 0.717) is 17.3 Å². The van der Waals surface area contributed by atoms with Crippen LogP contribution in [0.1, 0.15) is 65.7 Å². The first-order valence-corrected chi connectivity index (χ1v) is 9.26. The Bertz CT molecular complexity index is 456. The Morgan fingerprint density at radius 1 is 1.17 bits per heavy atom. The fraction of sp³-hybridized carbons (Fsp3) is 0.895. The maximum Gasteiger partial charge on any atom is 0.309 e. The summed E-state index contributed by atoms with van der Waals surface area (Å²) in [5.41, 5.74) is 0.491. The molecule has 4 rings (SSSR count). The molecule has 4 heteroatoms. The van der Waals surface area contributed by atoms with Crippen molar-refractivity contribution in [3.63, 3.8) is 0 Å². The number of carbonyl (C=O) groups is 2. The Morgan fingerprint density at radius 2 is 1.83 bits per heavy atom. The summed E-state index contributed by atoms with van der Waals surface area (Å²) in [4.78, 5) is 23.7. The summed E-state index contributed by atoms with van der Waals surface area (Å²) >= 11 is 0. The van der Waals surface area contributed by atoms with E-state index < -0.39 is 0 Å². The molecular formula is C19H30O4. The summed E-state index contributed by atoms with van der Waals surface area (Å²) in [6, 6.07) is 0. The van der Waals surface area contributed by atoms with Crippen molar-refractivity contribution in [3.8, 4) is 0 Å². The monoisotopic (exact) mass is 322 g/mol. The minimum Gasteiger partial charge on any atom is -0.465 e. The van der Waals surface area contributed by atoms with Crippen LogP contribution in [-0.2, 0) is 19.1 Å². The molecule has 130 valence electrons. The summed E-state index contributed by atoms with van der Waals surface area (Å²) in [5.74, 6) is 1.43. The van der Waals surface area contributed by atoms with Gasteiger partial charge >= 0.3 is 11.9 Å². The van der Waals surface area contributed by atoms with Gasteiger partial charge in [0.2, 0.25) is 0 Å². The Kier molecular flexibility index (Phi) is 4.70. The van der Waals surface area contributed by atoms with Gasteiger partial charge in [0.25, 0.3) is 0 Å². The second-order valence-electron chi connectivity index (χ2n) is 8.46. The van der Waals surface area contributed by atoms with Crippen molar-refractivity contribution >= 4 is 11.9 Å². The number of hydrogen-bond acceptors (Lipinski definition) is 4. The van der Waals surface area contributed by atoms with Crippen molar-refractivity contribution in [2.75, 3.05) is 6.61 Å². The van der Waals surface area contributed by atoms with Crippen LogP contribution >= 0.6 is 0 Å². The van der Waals surface area contributed by atoms with E-state index in [1.807, 2.05) is 13.8 Å². The third-order valence-corrected chi connectivity index (χ3v) is 6.33. The molecular weight excluding hydrogens is 292 g/mol. The normalized spacial score (nSPS) is 39.1. The Morgan fingerprint density at radius 3 is 2.39 bits per heavy atom. The van der Waals surface area contributed by atoms with Crippen molar-refractivity contribution < 1.29 is 19.1 Å². The van der Waals surface area contributed by atoms with Gasteiger partial charge in [0.1, 0.15) is 12.7 Å². The van der Waals surface area contributed by atoms with Gasteiger partial charge in [-0.15, -0.1) is 0 Å². The molecule has 4 aliphatic carbocycles. The van der Waals surface area contributed by atoms with Crippen molar-refractivity contribution in [1.82, 2.24) is 0 Å². The number of rotatable bonds is 6. The van der Waals surface area contributed by atoms with Crippen LogP contribution < -0.4 is 0 Å². The minimum absolute atomic E-state index is 0.101. The van der Waals surface area contributed by atoms with Crippen molar-refractivity contribution in [2.24, 2.45) is 29.1 Å². The molecule has 0 spiro atoms. The molecule has 0 amide bonds. The SMILES string of the molecule is CCC(C)C(=O)OCCC(=O)OC1C2CC3CC1CC(C)(C3)C2. The molecule has 23 heavy (non-hydrogen) atoms. The zero-order valence-corrected chi connectivity index (χ0v) is 14.7. The zero-order valence-electron chi connectivity index (χ0n) is 14.7. The summed E-state index contributed by atoms with van der Waals surface area (Å²) in [6.07, 6.45) is 7.29. The highest BCUT2D eigenvalue weighted by Crippen LogP contribution is 2.60. The van der Waals surface area contributed by atoms with E-state index >= 15 is 0 Å². The predicted octanol–water partition coefficient (Wildman–Crippen LogP) is 3.72. The second-order valence-corrected chi connectivity index (χ2v) is 8.46. The van der Waals surface area contributed by atoms with E-state index in [1.165, 1.54) is 32.1 Å². The largest absolute Gasteiger partial charge is 0.465 e. The quantitative estimate of drug-likeness (QED) is 0.699. The van der Waals surface area contributed by atoms with Crippen molar-refractivity contribution in [1.29, 1.82) is 0 Å². The van der Waals surface area contributed by atoms with E-state index in [-0.39, 0.29) is 37.0 Å². The maximum absolute atomic E-state index is 12.1. The summed E-state index contributed by atoms with van der Waals surface area (Å²) in [6.45, 7) is 6.35. The standard InChI is InChI=1S/C19H30O4/c1-4-12(2)18(21)22-6-5-16(20)23-17-14-7-13-8-15(17)11-19(3,9-13)10-14/h12-15,17H,4-11H2,1-3H3. The average Bonchev–Trinajstić information content (AvgIpc) is 2.48. The highest BCUT2D eigenvalue weighted by Gasteiger charge is 2.54. The van der Waals surface area contributed by atoms with Gasteiger partial charge in [-0.1, -0.05) is 20.8 Å². The van der Waals surface area contributed by atoms with E-state index in [2.05, 4.69) is 6.92 Å². The van der Waals surface area contributed by atoms with Crippen LogP contribution in [0.5, 0.6) is 0 Å². The molecule has 0 N–H and O–H groups in total. The molecule has 3 unspecified atom stereocenters. The first-order chi connectivity index (χ1) is 10.9. The zero-order chi connectivity index (χ0) is 16.6. The van der Waals surface area contributed by atoms with E-state index in [4.69, 9.17) is 9.47 Å². The lowest BCUT2D eigenvalue weighted by Crippen LogP contribution is -2.53. The van der Waals surface area contributed by atoms with Crippen LogP contribution in [0.3, 0.4) is 0 Å². The average molecular weight is 322 g/mol. The van der Waals surface area contributed by atoms with E-state index in [9.17, 15) is 9.59 Å². The number of ether oxygens (including phenoxy) is 2. The lowest BCUT2D eigenvalue weighted by atomic mass is 9.49. The van der Waals surface area contributed by atoms with Gasteiger partial charge in [0.05, 0.1) is 12.3 Å². The summed E-state index contributed by atoms with van der Waals surface area (Å²) in [7, 11) is 0. The van der Waals surface area contributed by atoms with Crippen LogP contribution in [-0.4, -0.2) is 24.6 Å². The molecule has 0 aromatic carbocycles. The van der Waals surface area contributed by atoms with Gasteiger partial charge in [0, 0.05) is 0 Å². The van der Waals surface area contributed by atoms with Crippen LogP contribution in [0, 0.1) is 29.1 Å². The number of hydrogen-bond donors (Lipinski definition) is 0. The number of esters is 2. The first-order valence-electron chi connectivity index (χ1n) is 9.26. The fourth-order valence-electron chi connectivity index (χ4n) is 5.33. The Balaban J connectivity index is 1.45. The van der Waals surface area contributed by atoms with Gasteiger partial charge in [0.15, 0.2) is 0 Å². The lowest BCUT2D eigenvalue weighted by molar-refractivity contribution is -0.180. The van der Waals surface area contributed by atoms with Gasteiger partial charge in [-0.2, -0.15) is 0 Å². The molecule has 0 aliphatic heterocycles. The molecule has 4 bridgehead atoms. The third-order valence-electron chi connectivity index (χ3n) is 6.33. The minimum atomic E-state index is -0.220. The molecule has 0 heterocycles. The molecule has 0 saturated heterocycles. The highest BCUT2D eigenvalue weighted by atomic mass is 16.6. The fourth-order valence-corrected chi connectivity index (χ4v) is 5.33. The second kappa shape index (κ2) is 6.45. The van der Waals surface area contributed by atoms with Crippen molar-refractivity contribution in [3.05, 3.63) is 0 Å². The summed E-state index contributed by atoms with van der Waals surface area (Å²) in [5, 5.41) is 0. The van der Waals surface area contributed by atoms with Crippen LogP contribution in [0.15, 0.2) is 0 Å². The van der Waals surface area contributed by atoms with Gasteiger partial charge in [-0.05, 0) is 61.7 Å². The Hall–Kier alpha value is -1.06. The van der Waals surface area contributed by atoms with Crippen LogP contribution in [0.4, 0.5) is 0 Å².